The van der Waals surface area contributed by atoms with E-state index in [1.54, 1.807) is 0 Å². The second-order valence-corrected chi connectivity index (χ2v) is 7.69. The van der Waals surface area contributed by atoms with Gasteiger partial charge in [0, 0.05) is 30.6 Å². The predicted octanol–water partition coefficient (Wildman–Crippen LogP) is 3.92. The Balaban J connectivity index is 1.54. The molecule has 6 heteroatoms. The van der Waals surface area contributed by atoms with E-state index in [1.807, 2.05) is 18.6 Å². The Bertz CT molecular complexity index is 1050. The minimum absolute atomic E-state index is 0.152. The zero-order valence-corrected chi connectivity index (χ0v) is 16.3. The molecule has 2 aromatic heterocycles. The Morgan fingerprint density at radius 1 is 1.14 bits per heavy atom. The van der Waals surface area contributed by atoms with Gasteiger partial charge in [-0.2, -0.15) is 0 Å². The van der Waals surface area contributed by atoms with Crippen molar-refractivity contribution >= 4 is 16.7 Å². The van der Waals surface area contributed by atoms with Crippen LogP contribution >= 0.6 is 0 Å². The number of pyridine rings is 1. The summed E-state index contributed by atoms with van der Waals surface area (Å²) >= 11 is 0. The molecule has 144 valence electrons. The monoisotopic (exact) mass is 376 g/mol. The summed E-state index contributed by atoms with van der Waals surface area (Å²) in [4.78, 5) is 13.9. The number of benzene rings is 1. The van der Waals surface area contributed by atoms with Crippen molar-refractivity contribution in [2.24, 2.45) is 4.99 Å². The molecular weight excluding hydrogens is 352 g/mol. The van der Waals surface area contributed by atoms with Crippen LogP contribution in [0, 0.1) is 0 Å². The van der Waals surface area contributed by atoms with Crippen LogP contribution in [0.15, 0.2) is 41.8 Å². The van der Waals surface area contributed by atoms with Gasteiger partial charge in [0.05, 0.1) is 48.4 Å². The molecule has 1 aromatic carbocycles. The molecule has 1 fully saturated rings. The third-order valence-electron chi connectivity index (χ3n) is 5.50. The molecule has 1 saturated heterocycles. The highest BCUT2D eigenvalue weighted by Gasteiger charge is 2.26. The van der Waals surface area contributed by atoms with Gasteiger partial charge in [-0.25, -0.2) is 9.97 Å². The number of fused-ring (bicyclic) bond motifs is 2. The minimum Gasteiger partial charge on any atom is -0.474 e. The maximum Gasteiger partial charge on any atom is 0.223 e. The lowest BCUT2D eigenvalue weighted by molar-refractivity contribution is 0.0236. The Morgan fingerprint density at radius 2 is 2.00 bits per heavy atom. The molecule has 0 unspecified atom stereocenters. The number of ether oxygens (including phenoxy) is 2. The SMILES string of the molecule is CC(C)n1cnc2ccc(C3=NCc4ccnc(OC5CCOCC5)c43)cc21. The summed E-state index contributed by atoms with van der Waals surface area (Å²) in [7, 11) is 0. The van der Waals surface area contributed by atoms with E-state index in [-0.39, 0.29) is 6.10 Å². The van der Waals surface area contributed by atoms with Crippen molar-refractivity contribution in [3.63, 3.8) is 0 Å². The van der Waals surface area contributed by atoms with Gasteiger partial charge in [-0.05, 0) is 37.6 Å². The van der Waals surface area contributed by atoms with Crippen molar-refractivity contribution in [3.05, 3.63) is 53.5 Å². The Labute approximate surface area is 164 Å². The fourth-order valence-corrected chi connectivity index (χ4v) is 3.97. The van der Waals surface area contributed by atoms with E-state index < -0.39 is 0 Å². The number of imidazole rings is 1. The van der Waals surface area contributed by atoms with Crippen LogP contribution in [0.1, 0.15) is 49.4 Å². The molecule has 2 aliphatic rings. The molecule has 0 spiro atoms. The number of nitrogens with zero attached hydrogens (tertiary/aromatic N) is 4. The standard InChI is InChI=1S/C22H24N4O2/c1-14(2)26-13-25-18-4-3-15(11-19(18)26)21-20-16(12-24-21)5-8-23-22(20)28-17-6-9-27-10-7-17/h3-5,8,11,13-14,17H,6-7,9-10,12H2,1-2H3. The van der Waals surface area contributed by atoms with Crippen LogP contribution in [0.2, 0.25) is 0 Å². The summed E-state index contributed by atoms with van der Waals surface area (Å²) in [5.74, 6) is 0.693. The van der Waals surface area contributed by atoms with Gasteiger partial charge in [0.25, 0.3) is 0 Å². The van der Waals surface area contributed by atoms with Gasteiger partial charge in [-0.15, -0.1) is 0 Å². The first-order valence-corrected chi connectivity index (χ1v) is 9.95. The summed E-state index contributed by atoms with van der Waals surface area (Å²) in [6.07, 6.45) is 5.68. The van der Waals surface area contributed by atoms with Crippen molar-refractivity contribution < 1.29 is 9.47 Å². The fourth-order valence-electron chi connectivity index (χ4n) is 3.97. The van der Waals surface area contributed by atoms with E-state index in [0.717, 1.165) is 53.9 Å². The van der Waals surface area contributed by atoms with Gasteiger partial charge in [0.2, 0.25) is 5.88 Å². The predicted molar refractivity (Wildman–Crippen MR) is 108 cm³/mol. The van der Waals surface area contributed by atoms with Crippen LogP contribution in [0.3, 0.4) is 0 Å². The minimum atomic E-state index is 0.152. The van der Waals surface area contributed by atoms with E-state index in [0.29, 0.717) is 18.5 Å². The molecule has 0 N–H and O–H groups in total. The summed E-state index contributed by atoms with van der Waals surface area (Å²) in [5.41, 5.74) is 6.37. The van der Waals surface area contributed by atoms with E-state index in [4.69, 9.17) is 14.5 Å². The normalized spacial score (nSPS) is 17.2. The quantitative estimate of drug-likeness (QED) is 0.692. The molecule has 0 amide bonds. The largest absolute Gasteiger partial charge is 0.474 e. The third-order valence-corrected chi connectivity index (χ3v) is 5.50. The molecule has 0 bridgehead atoms. The molecule has 5 rings (SSSR count). The third kappa shape index (κ3) is 2.98. The highest BCUT2D eigenvalue weighted by atomic mass is 16.5. The second-order valence-electron chi connectivity index (χ2n) is 7.69. The zero-order valence-electron chi connectivity index (χ0n) is 16.3. The molecule has 0 saturated carbocycles. The van der Waals surface area contributed by atoms with Gasteiger partial charge in [0.1, 0.15) is 6.10 Å². The highest BCUT2D eigenvalue weighted by Crippen LogP contribution is 2.32. The van der Waals surface area contributed by atoms with Crippen LogP contribution in [-0.2, 0) is 11.3 Å². The molecule has 28 heavy (non-hydrogen) atoms. The van der Waals surface area contributed by atoms with Crippen molar-refractivity contribution in [1.29, 1.82) is 0 Å². The Kier molecular flexibility index (Phi) is 4.36. The summed E-state index contributed by atoms with van der Waals surface area (Å²) in [6.45, 7) is 6.49. The van der Waals surface area contributed by atoms with Gasteiger partial charge in [-0.3, -0.25) is 4.99 Å². The topological polar surface area (TPSA) is 61.5 Å². The molecule has 3 aromatic rings. The van der Waals surface area contributed by atoms with Crippen molar-refractivity contribution in [2.75, 3.05) is 13.2 Å². The molecule has 0 radical (unpaired) electrons. The lowest BCUT2D eigenvalue weighted by Gasteiger charge is -2.24. The number of hydrogen-bond acceptors (Lipinski definition) is 5. The van der Waals surface area contributed by atoms with E-state index in [1.165, 1.54) is 5.56 Å². The van der Waals surface area contributed by atoms with Gasteiger partial charge in [-0.1, -0.05) is 6.07 Å². The number of aliphatic imine (C=N–C) groups is 1. The lowest BCUT2D eigenvalue weighted by atomic mass is 10.0. The van der Waals surface area contributed by atoms with Crippen molar-refractivity contribution in [2.45, 2.75) is 45.4 Å². The van der Waals surface area contributed by atoms with E-state index in [2.05, 4.69) is 46.6 Å². The van der Waals surface area contributed by atoms with E-state index in [9.17, 15) is 0 Å². The smallest absolute Gasteiger partial charge is 0.223 e. The van der Waals surface area contributed by atoms with Crippen molar-refractivity contribution in [3.8, 4) is 5.88 Å². The zero-order chi connectivity index (χ0) is 19.1. The van der Waals surface area contributed by atoms with Gasteiger partial charge in [0.15, 0.2) is 0 Å². The fraction of sp³-hybridized carbons (Fsp3) is 0.409. The second kappa shape index (κ2) is 7.02. The van der Waals surface area contributed by atoms with Gasteiger partial charge >= 0.3 is 0 Å². The molecule has 0 atom stereocenters. The Morgan fingerprint density at radius 3 is 2.82 bits per heavy atom. The molecule has 2 aliphatic heterocycles. The summed E-state index contributed by atoms with van der Waals surface area (Å²) in [6, 6.07) is 8.74. The summed E-state index contributed by atoms with van der Waals surface area (Å²) < 4.78 is 13.9. The van der Waals surface area contributed by atoms with Crippen LogP contribution < -0.4 is 4.74 Å². The molecule has 6 nitrogen and oxygen atoms in total. The summed E-state index contributed by atoms with van der Waals surface area (Å²) in [5, 5.41) is 0. The number of aromatic nitrogens is 3. The number of hydrogen-bond donors (Lipinski definition) is 0. The maximum absolute atomic E-state index is 6.29. The van der Waals surface area contributed by atoms with E-state index >= 15 is 0 Å². The average Bonchev–Trinajstić information content (AvgIpc) is 3.33. The van der Waals surface area contributed by atoms with Crippen LogP contribution in [0.4, 0.5) is 0 Å². The molecule has 4 heterocycles. The van der Waals surface area contributed by atoms with Crippen LogP contribution in [0.5, 0.6) is 5.88 Å². The lowest BCUT2D eigenvalue weighted by Crippen LogP contribution is -2.27. The van der Waals surface area contributed by atoms with Crippen LogP contribution in [-0.4, -0.2) is 39.6 Å². The highest BCUT2D eigenvalue weighted by molar-refractivity contribution is 6.17. The molecule has 0 aliphatic carbocycles. The Hall–Kier alpha value is -2.73. The van der Waals surface area contributed by atoms with Crippen molar-refractivity contribution in [1.82, 2.24) is 14.5 Å². The van der Waals surface area contributed by atoms with Gasteiger partial charge < -0.3 is 14.0 Å². The maximum atomic E-state index is 6.29. The first-order chi connectivity index (χ1) is 13.7. The first kappa shape index (κ1) is 17.4. The first-order valence-electron chi connectivity index (χ1n) is 9.95. The number of rotatable bonds is 4. The average molecular weight is 376 g/mol. The van der Waals surface area contributed by atoms with Crippen LogP contribution in [0.25, 0.3) is 11.0 Å². The molecular formula is C22H24N4O2.